The van der Waals surface area contributed by atoms with Crippen LogP contribution in [-0.2, 0) is 0 Å². The minimum absolute atomic E-state index is 0.288. The van der Waals surface area contributed by atoms with Crippen LogP contribution in [0, 0.1) is 31.0 Å². The van der Waals surface area contributed by atoms with E-state index in [1.807, 2.05) is 24.5 Å². The Hall–Kier alpha value is -1.60. The molecule has 0 N–H and O–H groups in total. The summed E-state index contributed by atoms with van der Waals surface area (Å²) in [5.74, 6) is -0.288. The Morgan fingerprint density at radius 1 is 1.29 bits per heavy atom. The van der Waals surface area contributed by atoms with Gasteiger partial charge in [0.05, 0.1) is 11.3 Å². The molecule has 0 saturated heterocycles. The van der Waals surface area contributed by atoms with Gasteiger partial charge >= 0.3 is 0 Å². The molecule has 1 heterocycles. The molecule has 0 amide bonds. The number of aryl methyl sites for hydroxylation is 1. The Kier molecular flexibility index (Phi) is 3.03. The van der Waals surface area contributed by atoms with Crippen LogP contribution in [0.3, 0.4) is 0 Å². The largest absolute Gasteiger partial charge is 0.316 e. The fraction of sp³-hybridized carbons (Fsp3) is 0.154. The molecule has 0 aliphatic heterocycles. The quantitative estimate of drug-likeness (QED) is 0.784. The first-order valence-electron chi connectivity index (χ1n) is 5.09. The minimum Gasteiger partial charge on any atom is -0.316 e. The zero-order chi connectivity index (χ0) is 12.6. The zero-order valence-electron chi connectivity index (χ0n) is 9.46. The maximum absolute atomic E-state index is 13.0. The van der Waals surface area contributed by atoms with Gasteiger partial charge < -0.3 is 4.57 Å². The van der Waals surface area contributed by atoms with E-state index >= 15 is 0 Å². The van der Waals surface area contributed by atoms with Crippen molar-refractivity contribution in [3.8, 4) is 11.8 Å². The molecule has 0 bridgehead atoms. The Balaban J connectivity index is 2.69. The lowest BCUT2D eigenvalue weighted by Gasteiger charge is -2.11. The van der Waals surface area contributed by atoms with Gasteiger partial charge in [-0.05, 0) is 54.0 Å². The number of benzene rings is 1. The van der Waals surface area contributed by atoms with Gasteiger partial charge in [0.1, 0.15) is 11.9 Å². The molecule has 0 aliphatic carbocycles. The van der Waals surface area contributed by atoms with E-state index < -0.39 is 0 Å². The number of halogens is 2. The van der Waals surface area contributed by atoms with Gasteiger partial charge in [-0.3, -0.25) is 0 Å². The molecule has 4 heteroatoms. The Morgan fingerprint density at radius 3 is 2.53 bits per heavy atom. The predicted octanol–water partition coefficient (Wildman–Crippen LogP) is 3.87. The summed E-state index contributed by atoms with van der Waals surface area (Å²) in [5.41, 5.74) is 3.28. The van der Waals surface area contributed by atoms with Gasteiger partial charge in [0, 0.05) is 15.9 Å². The number of hydrogen-bond donors (Lipinski definition) is 0. The first kappa shape index (κ1) is 11.9. The number of nitriles is 1. The summed E-state index contributed by atoms with van der Waals surface area (Å²) in [5, 5.41) is 8.98. The Morgan fingerprint density at radius 2 is 2.00 bits per heavy atom. The van der Waals surface area contributed by atoms with E-state index in [9.17, 15) is 4.39 Å². The smallest absolute Gasteiger partial charge is 0.124 e. The molecule has 86 valence electrons. The second-order valence-electron chi connectivity index (χ2n) is 3.83. The molecule has 0 unspecified atom stereocenters. The SMILES string of the molecule is Cc1cc(C#N)c(C)n1-c1ccc(F)cc1Br. The molecule has 0 spiro atoms. The van der Waals surface area contributed by atoms with Crippen LogP contribution in [0.1, 0.15) is 17.0 Å². The second kappa shape index (κ2) is 4.34. The van der Waals surface area contributed by atoms with Gasteiger partial charge in [0.25, 0.3) is 0 Å². The second-order valence-corrected chi connectivity index (χ2v) is 4.68. The number of aromatic nitrogens is 1. The lowest BCUT2D eigenvalue weighted by Crippen LogP contribution is -2.00. The van der Waals surface area contributed by atoms with Crippen molar-refractivity contribution in [2.45, 2.75) is 13.8 Å². The van der Waals surface area contributed by atoms with Gasteiger partial charge in [-0.15, -0.1) is 0 Å². The van der Waals surface area contributed by atoms with Crippen molar-refractivity contribution >= 4 is 15.9 Å². The van der Waals surface area contributed by atoms with E-state index in [0.717, 1.165) is 17.1 Å². The van der Waals surface area contributed by atoms with Gasteiger partial charge in [-0.1, -0.05) is 0 Å². The van der Waals surface area contributed by atoms with E-state index in [0.29, 0.717) is 10.0 Å². The van der Waals surface area contributed by atoms with Crippen LogP contribution in [0.5, 0.6) is 0 Å². The van der Waals surface area contributed by atoms with Crippen molar-refractivity contribution < 1.29 is 4.39 Å². The van der Waals surface area contributed by atoms with Gasteiger partial charge in [-0.25, -0.2) is 4.39 Å². The fourth-order valence-electron chi connectivity index (χ4n) is 1.91. The van der Waals surface area contributed by atoms with Crippen LogP contribution >= 0.6 is 15.9 Å². The van der Waals surface area contributed by atoms with Crippen LogP contribution in [0.2, 0.25) is 0 Å². The van der Waals surface area contributed by atoms with Crippen molar-refractivity contribution in [1.82, 2.24) is 4.57 Å². The highest BCUT2D eigenvalue weighted by Gasteiger charge is 2.12. The molecule has 1 aromatic carbocycles. The molecule has 0 saturated carbocycles. The first-order valence-corrected chi connectivity index (χ1v) is 5.88. The maximum Gasteiger partial charge on any atom is 0.124 e. The highest BCUT2D eigenvalue weighted by molar-refractivity contribution is 9.10. The third-order valence-electron chi connectivity index (χ3n) is 2.70. The molecule has 1 aromatic heterocycles. The maximum atomic E-state index is 13.0. The lowest BCUT2D eigenvalue weighted by molar-refractivity contribution is 0.626. The zero-order valence-corrected chi connectivity index (χ0v) is 11.0. The predicted molar refractivity (Wildman–Crippen MR) is 67.6 cm³/mol. The number of nitrogens with zero attached hydrogens (tertiary/aromatic N) is 2. The summed E-state index contributed by atoms with van der Waals surface area (Å²) in [7, 11) is 0. The summed E-state index contributed by atoms with van der Waals surface area (Å²) in [6.07, 6.45) is 0. The topological polar surface area (TPSA) is 28.7 Å². The summed E-state index contributed by atoms with van der Waals surface area (Å²) < 4.78 is 15.6. The fourth-order valence-corrected chi connectivity index (χ4v) is 2.44. The number of rotatable bonds is 1. The average Bonchev–Trinajstić information content (AvgIpc) is 2.55. The third kappa shape index (κ3) is 1.98. The van der Waals surface area contributed by atoms with E-state index in [-0.39, 0.29) is 5.82 Å². The van der Waals surface area contributed by atoms with E-state index in [2.05, 4.69) is 22.0 Å². The monoisotopic (exact) mass is 292 g/mol. The van der Waals surface area contributed by atoms with Crippen LogP contribution in [0.15, 0.2) is 28.7 Å². The van der Waals surface area contributed by atoms with Crippen molar-refractivity contribution in [1.29, 1.82) is 5.26 Å². The normalized spacial score (nSPS) is 10.3. The molecule has 0 aliphatic rings. The third-order valence-corrected chi connectivity index (χ3v) is 3.34. The molecular formula is C13H10BrFN2. The van der Waals surface area contributed by atoms with Crippen LogP contribution in [-0.4, -0.2) is 4.57 Å². The lowest BCUT2D eigenvalue weighted by atomic mass is 10.2. The Labute approximate surface area is 107 Å². The van der Waals surface area contributed by atoms with E-state index in [1.165, 1.54) is 12.1 Å². The summed E-state index contributed by atoms with van der Waals surface area (Å²) >= 11 is 3.34. The highest BCUT2D eigenvalue weighted by Crippen LogP contribution is 2.27. The van der Waals surface area contributed by atoms with Crippen molar-refractivity contribution in [2.75, 3.05) is 0 Å². The molecule has 0 fully saturated rings. The van der Waals surface area contributed by atoms with Crippen molar-refractivity contribution in [3.05, 3.63) is 51.5 Å². The molecule has 2 nitrogen and oxygen atoms in total. The highest BCUT2D eigenvalue weighted by atomic mass is 79.9. The van der Waals surface area contributed by atoms with E-state index in [4.69, 9.17) is 5.26 Å². The average molecular weight is 293 g/mol. The van der Waals surface area contributed by atoms with Gasteiger partial charge in [0.15, 0.2) is 0 Å². The van der Waals surface area contributed by atoms with Gasteiger partial charge in [0.2, 0.25) is 0 Å². The molecule has 2 aromatic rings. The van der Waals surface area contributed by atoms with Crippen LogP contribution in [0.4, 0.5) is 4.39 Å². The van der Waals surface area contributed by atoms with E-state index in [1.54, 1.807) is 6.07 Å². The van der Waals surface area contributed by atoms with Crippen LogP contribution in [0.25, 0.3) is 5.69 Å². The molecular weight excluding hydrogens is 283 g/mol. The summed E-state index contributed by atoms with van der Waals surface area (Å²) in [6.45, 7) is 3.80. The molecule has 17 heavy (non-hydrogen) atoms. The molecule has 2 rings (SSSR count). The summed E-state index contributed by atoms with van der Waals surface area (Å²) in [6, 6.07) is 8.49. The van der Waals surface area contributed by atoms with Crippen molar-refractivity contribution in [2.24, 2.45) is 0 Å². The number of hydrogen-bond acceptors (Lipinski definition) is 1. The summed E-state index contributed by atoms with van der Waals surface area (Å²) in [4.78, 5) is 0. The first-order chi connectivity index (χ1) is 8.04. The van der Waals surface area contributed by atoms with Gasteiger partial charge in [-0.2, -0.15) is 5.26 Å². The molecule has 0 radical (unpaired) electrons. The van der Waals surface area contributed by atoms with Crippen LogP contribution < -0.4 is 0 Å². The Bertz CT molecular complexity index is 623. The minimum atomic E-state index is -0.288. The van der Waals surface area contributed by atoms with Crippen molar-refractivity contribution in [3.63, 3.8) is 0 Å². The molecule has 0 atom stereocenters. The standard InChI is InChI=1S/C13H10BrFN2/c1-8-5-10(7-16)9(2)17(8)13-4-3-11(15)6-12(13)14/h3-6H,1-2H3.